The minimum atomic E-state index is -0.826. The Hall–Kier alpha value is -2.00. The minimum absolute atomic E-state index is 0.0313. The van der Waals surface area contributed by atoms with E-state index in [0.29, 0.717) is 5.56 Å². The van der Waals surface area contributed by atoms with Gasteiger partial charge in [0.2, 0.25) is 0 Å². The molecule has 2 nitrogen and oxygen atoms in total. The molecule has 86 valence electrons. The zero-order valence-corrected chi connectivity index (χ0v) is 9.14. The molecule has 3 heteroatoms. The highest BCUT2D eigenvalue weighted by atomic mass is 19.1. The summed E-state index contributed by atoms with van der Waals surface area (Å²) in [6.07, 6.45) is 0. The summed E-state index contributed by atoms with van der Waals surface area (Å²) in [6.45, 7) is 0. The summed E-state index contributed by atoms with van der Waals surface area (Å²) >= 11 is 0. The van der Waals surface area contributed by atoms with Crippen LogP contribution in [0.4, 0.5) is 4.39 Å². The van der Waals surface area contributed by atoms with Crippen molar-refractivity contribution in [3.05, 3.63) is 71.5 Å². The van der Waals surface area contributed by atoms with Gasteiger partial charge in [0.05, 0.1) is 11.6 Å². The zero-order chi connectivity index (χ0) is 12.3. The molecule has 0 saturated heterocycles. The summed E-state index contributed by atoms with van der Waals surface area (Å²) in [5, 5.41) is 0. The molecule has 0 amide bonds. The third-order valence-electron chi connectivity index (χ3n) is 2.58. The molecule has 0 aliphatic carbocycles. The Balaban J connectivity index is 2.30. The van der Waals surface area contributed by atoms with Crippen molar-refractivity contribution in [2.75, 3.05) is 0 Å². The van der Waals surface area contributed by atoms with Crippen LogP contribution in [0.5, 0.6) is 0 Å². The first-order chi connectivity index (χ1) is 8.20. The molecule has 2 aromatic carbocycles. The quantitative estimate of drug-likeness (QED) is 0.822. The van der Waals surface area contributed by atoms with Gasteiger partial charge in [0.1, 0.15) is 5.82 Å². The van der Waals surface area contributed by atoms with Crippen molar-refractivity contribution >= 4 is 5.78 Å². The second-order valence-electron chi connectivity index (χ2n) is 3.73. The van der Waals surface area contributed by atoms with Gasteiger partial charge in [-0.25, -0.2) is 4.39 Å². The number of carbonyl (C=O) groups is 1. The number of nitrogens with two attached hydrogens (primary N) is 1. The number of rotatable bonds is 3. The molecule has 0 aliphatic heterocycles. The van der Waals surface area contributed by atoms with Crippen LogP contribution in [-0.2, 0) is 0 Å². The van der Waals surface area contributed by atoms with Crippen molar-refractivity contribution in [1.82, 2.24) is 0 Å². The van der Waals surface area contributed by atoms with Gasteiger partial charge in [-0.15, -0.1) is 0 Å². The van der Waals surface area contributed by atoms with Crippen LogP contribution in [0.25, 0.3) is 0 Å². The van der Waals surface area contributed by atoms with E-state index in [-0.39, 0.29) is 5.56 Å². The lowest BCUT2D eigenvalue weighted by atomic mass is 9.98. The van der Waals surface area contributed by atoms with Gasteiger partial charge in [-0.1, -0.05) is 42.5 Å². The molecule has 1 atom stereocenters. The number of carbonyl (C=O) groups excluding carboxylic acids is 1. The van der Waals surface area contributed by atoms with Crippen molar-refractivity contribution in [2.24, 2.45) is 5.73 Å². The molecule has 0 radical (unpaired) electrons. The van der Waals surface area contributed by atoms with Gasteiger partial charge in [0.25, 0.3) is 0 Å². The lowest BCUT2D eigenvalue weighted by Gasteiger charge is -2.11. The van der Waals surface area contributed by atoms with Crippen molar-refractivity contribution in [2.45, 2.75) is 6.04 Å². The summed E-state index contributed by atoms with van der Waals surface area (Å²) in [6, 6.07) is 14.0. The zero-order valence-electron chi connectivity index (χ0n) is 9.14. The van der Waals surface area contributed by atoms with Crippen LogP contribution in [0.1, 0.15) is 22.0 Å². The highest BCUT2D eigenvalue weighted by Crippen LogP contribution is 2.17. The predicted molar refractivity (Wildman–Crippen MR) is 64.1 cm³/mol. The van der Waals surface area contributed by atoms with Gasteiger partial charge in [0, 0.05) is 0 Å². The van der Waals surface area contributed by atoms with Crippen LogP contribution in [0.3, 0.4) is 0 Å². The average Bonchev–Trinajstić information content (AvgIpc) is 2.39. The SMILES string of the molecule is NC(C(=O)c1ccccc1F)c1ccccc1. The van der Waals surface area contributed by atoms with Crippen LogP contribution in [0.2, 0.25) is 0 Å². The number of hydrogen-bond donors (Lipinski definition) is 1. The van der Waals surface area contributed by atoms with Crippen LogP contribution in [0, 0.1) is 5.82 Å². The molecule has 0 fully saturated rings. The van der Waals surface area contributed by atoms with Crippen LogP contribution in [0.15, 0.2) is 54.6 Å². The maximum absolute atomic E-state index is 13.4. The Morgan fingerprint density at radius 2 is 1.59 bits per heavy atom. The van der Waals surface area contributed by atoms with E-state index in [9.17, 15) is 9.18 Å². The fourth-order valence-corrected chi connectivity index (χ4v) is 1.64. The molecule has 2 aromatic rings. The lowest BCUT2D eigenvalue weighted by Crippen LogP contribution is -2.22. The molecule has 0 spiro atoms. The van der Waals surface area contributed by atoms with Crippen molar-refractivity contribution in [3.63, 3.8) is 0 Å². The van der Waals surface area contributed by atoms with E-state index in [1.807, 2.05) is 6.07 Å². The number of halogens is 1. The number of benzene rings is 2. The molecule has 0 bridgehead atoms. The number of hydrogen-bond acceptors (Lipinski definition) is 2. The molecule has 1 unspecified atom stereocenters. The third-order valence-corrected chi connectivity index (χ3v) is 2.58. The first kappa shape index (κ1) is 11.5. The monoisotopic (exact) mass is 229 g/mol. The molecule has 0 heterocycles. The topological polar surface area (TPSA) is 43.1 Å². The van der Waals surface area contributed by atoms with Gasteiger partial charge >= 0.3 is 0 Å². The number of ketones is 1. The molecule has 0 aromatic heterocycles. The maximum Gasteiger partial charge on any atom is 0.186 e. The highest BCUT2D eigenvalue weighted by Gasteiger charge is 2.19. The van der Waals surface area contributed by atoms with Crippen molar-refractivity contribution < 1.29 is 9.18 Å². The lowest BCUT2D eigenvalue weighted by molar-refractivity contribution is 0.0957. The summed E-state index contributed by atoms with van der Waals surface area (Å²) in [5.41, 5.74) is 6.54. The normalized spacial score (nSPS) is 12.1. The fourth-order valence-electron chi connectivity index (χ4n) is 1.64. The Bertz CT molecular complexity index is 525. The Morgan fingerprint density at radius 3 is 2.24 bits per heavy atom. The van der Waals surface area contributed by atoms with Gasteiger partial charge in [-0.2, -0.15) is 0 Å². The fraction of sp³-hybridized carbons (Fsp3) is 0.0714. The smallest absolute Gasteiger partial charge is 0.186 e. The second kappa shape index (κ2) is 4.89. The Kier molecular flexibility index (Phi) is 3.30. The maximum atomic E-state index is 13.4. The summed E-state index contributed by atoms with van der Waals surface area (Å²) in [7, 11) is 0. The van der Waals surface area contributed by atoms with Gasteiger partial charge in [-0.05, 0) is 17.7 Å². The molecule has 0 aliphatic rings. The standard InChI is InChI=1S/C14H12FNO/c15-12-9-5-4-8-11(12)14(17)13(16)10-6-2-1-3-7-10/h1-9,13H,16H2. The van der Waals surface area contributed by atoms with Crippen LogP contribution >= 0.6 is 0 Å². The summed E-state index contributed by atoms with van der Waals surface area (Å²) in [5.74, 6) is -0.946. The molecule has 17 heavy (non-hydrogen) atoms. The Morgan fingerprint density at radius 1 is 1.00 bits per heavy atom. The van der Waals surface area contributed by atoms with Gasteiger partial charge < -0.3 is 5.73 Å². The van der Waals surface area contributed by atoms with Crippen LogP contribution in [-0.4, -0.2) is 5.78 Å². The van der Waals surface area contributed by atoms with Crippen LogP contribution < -0.4 is 5.73 Å². The van der Waals surface area contributed by atoms with Crippen molar-refractivity contribution in [1.29, 1.82) is 0 Å². The van der Waals surface area contributed by atoms with E-state index in [1.165, 1.54) is 12.1 Å². The predicted octanol–water partition coefficient (Wildman–Crippen LogP) is 2.71. The number of Topliss-reactive ketones (excluding diaryl/α,β-unsaturated/α-hetero) is 1. The van der Waals surface area contributed by atoms with Gasteiger partial charge in [-0.3, -0.25) is 4.79 Å². The average molecular weight is 229 g/mol. The van der Waals surface area contributed by atoms with Gasteiger partial charge in [0.15, 0.2) is 5.78 Å². The second-order valence-corrected chi connectivity index (χ2v) is 3.73. The van der Waals surface area contributed by atoms with E-state index in [1.54, 1.807) is 36.4 Å². The first-order valence-corrected chi connectivity index (χ1v) is 5.29. The van der Waals surface area contributed by atoms with E-state index in [2.05, 4.69) is 0 Å². The molecule has 0 saturated carbocycles. The first-order valence-electron chi connectivity index (χ1n) is 5.29. The van der Waals surface area contributed by atoms with E-state index in [0.717, 1.165) is 0 Å². The molecular formula is C14H12FNO. The third kappa shape index (κ3) is 2.40. The molecule has 2 N–H and O–H groups in total. The highest BCUT2D eigenvalue weighted by molar-refractivity contribution is 6.00. The van der Waals surface area contributed by atoms with Crippen molar-refractivity contribution in [3.8, 4) is 0 Å². The van der Waals surface area contributed by atoms with E-state index >= 15 is 0 Å². The molecular weight excluding hydrogens is 217 g/mol. The van der Waals surface area contributed by atoms with E-state index in [4.69, 9.17) is 5.73 Å². The summed E-state index contributed by atoms with van der Waals surface area (Å²) in [4.78, 5) is 12.0. The van der Waals surface area contributed by atoms with E-state index < -0.39 is 17.6 Å². The summed E-state index contributed by atoms with van der Waals surface area (Å²) < 4.78 is 13.4. The molecule has 2 rings (SSSR count). The Labute approximate surface area is 98.9 Å². The largest absolute Gasteiger partial charge is 0.318 e. The minimum Gasteiger partial charge on any atom is -0.318 e.